The van der Waals surface area contributed by atoms with Crippen LogP contribution >= 0.6 is 0 Å². The highest BCUT2D eigenvalue weighted by Gasteiger charge is 2.23. The maximum atomic E-state index is 12.6. The molecule has 0 radical (unpaired) electrons. The third kappa shape index (κ3) is 4.21. The van der Waals surface area contributed by atoms with Gasteiger partial charge in [-0.1, -0.05) is 24.3 Å². The Balaban J connectivity index is 1.15. The fraction of sp³-hybridized carbons (Fsp3) is 0.400. The van der Waals surface area contributed by atoms with Crippen LogP contribution in [0.5, 0.6) is 5.75 Å². The molecule has 5 nitrogen and oxygen atoms in total. The van der Waals surface area contributed by atoms with E-state index in [1.165, 1.54) is 0 Å². The van der Waals surface area contributed by atoms with E-state index < -0.39 is 0 Å². The molecule has 1 aromatic heterocycles. The Kier molecular flexibility index (Phi) is 5.45. The average molecular weight is 405 g/mol. The third-order valence-electron chi connectivity index (χ3n) is 6.17. The van der Waals surface area contributed by atoms with Gasteiger partial charge in [0.15, 0.2) is 0 Å². The Hall–Kier alpha value is -2.79. The van der Waals surface area contributed by atoms with Gasteiger partial charge in [0, 0.05) is 37.1 Å². The van der Waals surface area contributed by atoms with Crippen molar-refractivity contribution in [2.75, 3.05) is 26.2 Å². The second-order valence-electron chi connectivity index (χ2n) is 8.37. The first-order valence-corrected chi connectivity index (χ1v) is 11.0. The molecule has 2 aliphatic heterocycles. The van der Waals surface area contributed by atoms with Crippen molar-refractivity contribution < 1.29 is 13.9 Å². The number of hydrogen-bond acceptors (Lipinski definition) is 4. The molecule has 0 bridgehead atoms. The maximum absolute atomic E-state index is 12.6. The molecule has 0 N–H and O–H groups in total. The van der Waals surface area contributed by atoms with Crippen LogP contribution in [0, 0.1) is 0 Å². The minimum atomic E-state index is 0.124. The summed E-state index contributed by atoms with van der Waals surface area (Å²) in [5.74, 6) is 1.94. The van der Waals surface area contributed by atoms with E-state index in [1.54, 1.807) is 0 Å². The number of rotatable bonds is 5. The van der Waals surface area contributed by atoms with Gasteiger partial charge in [-0.3, -0.25) is 9.69 Å². The van der Waals surface area contributed by atoms with Crippen LogP contribution in [-0.4, -0.2) is 48.0 Å². The summed E-state index contributed by atoms with van der Waals surface area (Å²) in [5.41, 5.74) is 1.69. The zero-order valence-electron chi connectivity index (χ0n) is 17.3. The van der Waals surface area contributed by atoms with Gasteiger partial charge in [-0.15, -0.1) is 0 Å². The van der Waals surface area contributed by atoms with Gasteiger partial charge in [0.2, 0.25) is 0 Å². The molecular weight excluding hydrogens is 376 g/mol. The summed E-state index contributed by atoms with van der Waals surface area (Å²) in [6.07, 6.45) is 4.35. The van der Waals surface area contributed by atoms with E-state index in [4.69, 9.17) is 9.15 Å². The van der Waals surface area contributed by atoms with Crippen LogP contribution in [0.15, 0.2) is 59.0 Å². The van der Waals surface area contributed by atoms with Gasteiger partial charge < -0.3 is 14.1 Å². The van der Waals surface area contributed by atoms with Crippen LogP contribution in [0.3, 0.4) is 0 Å². The molecule has 0 spiro atoms. The van der Waals surface area contributed by atoms with Crippen molar-refractivity contribution in [1.29, 1.82) is 0 Å². The second-order valence-corrected chi connectivity index (χ2v) is 8.37. The number of ether oxygens (including phenoxy) is 1. The number of nitrogens with zero attached hydrogens (tertiary/aromatic N) is 2. The number of hydrogen-bond donors (Lipinski definition) is 0. The maximum Gasteiger partial charge on any atom is 0.253 e. The summed E-state index contributed by atoms with van der Waals surface area (Å²) >= 11 is 0. The van der Waals surface area contributed by atoms with Gasteiger partial charge in [-0.25, -0.2) is 0 Å². The standard InChI is InChI=1S/C25H28N2O3/c28-25(27-12-3-4-13-27)20-7-5-8-22(17-20)29-21-10-14-26(15-11-21)18-23-16-19-6-1-2-9-24(19)30-23/h1-2,5-9,16-17,21H,3-4,10-15,18H2. The molecular formula is C25H28N2O3. The second kappa shape index (κ2) is 8.52. The summed E-state index contributed by atoms with van der Waals surface area (Å²) in [6.45, 7) is 4.53. The predicted molar refractivity (Wildman–Crippen MR) is 117 cm³/mol. The summed E-state index contributed by atoms with van der Waals surface area (Å²) in [6, 6.07) is 18.0. The molecule has 3 heterocycles. The van der Waals surface area contributed by atoms with Crippen LogP contribution in [0.1, 0.15) is 41.8 Å². The van der Waals surface area contributed by atoms with Gasteiger partial charge in [-0.2, -0.15) is 0 Å². The summed E-state index contributed by atoms with van der Waals surface area (Å²) in [7, 11) is 0. The van der Waals surface area contributed by atoms with Crippen molar-refractivity contribution in [3.63, 3.8) is 0 Å². The molecule has 2 saturated heterocycles. The Labute approximate surface area is 177 Å². The zero-order chi connectivity index (χ0) is 20.3. The highest BCUT2D eigenvalue weighted by molar-refractivity contribution is 5.94. The van der Waals surface area contributed by atoms with Crippen LogP contribution in [0.4, 0.5) is 0 Å². The van der Waals surface area contributed by atoms with E-state index in [2.05, 4.69) is 17.0 Å². The molecule has 5 rings (SSSR count). The number of fused-ring (bicyclic) bond motifs is 1. The van der Waals surface area contributed by atoms with E-state index in [9.17, 15) is 4.79 Å². The van der Waals surface area contributed by atoms with E-state index in [-0.39, 0.29) is 12.0 Å². The van der Waals surface area contributed by atoms with Gasteiger partial charge in [0.25, 0.3) is 5.91 Å². The van der Waals surface area contributed by atoms with Crippen molar-refractivity contribution in [2.45, 2.75) is 38.3 Å². The quantitative estimate of drug-likeness (QED) is 0.618. The average Bonchev–Trinajstić information content (AvgIpc) is 3.44. The normalized spacial score (nSPS) is 18.2. The minimum absolute atomic E-state index is 0.124. The molecule has 2 fully saturated rings. The summed E-state index contributed by atoms with van der Waals surface area (Å²) < 4.78 is 12.2. The lowest BCUT2D eigenvalue weighted by Crippen LogP contribution is -2.37. The topological polar surface area (TPSA) is 45.9 Å². The first-order chi connectivity index (χ1) is 14.7. The molecule has 156 valence electrons. The lowest BCUT2D eigenvalue weighted by molar-refractivity contribution is 0.0789. The number of benzene rings is 2. The van der Waals surface area contributed by atoms with Gasteiger partial charge in [0.1, 0.15) is 23.2 Å². The summed E-state index contributed by atoms with van der Waals surface area (Å²) in [4.78, 5) is 17.0. The molecule has 0 unspecified atom stereocenters. The first-order valence-electron chi connectivity index (χ1n) is 11.0. The third-order valence-corrected chi connectivity index (χ3v) is 6.17. The number of carbonyl (C=O) groups is 1. The SMILES string of the molecule is O=C(c1cccc(OC2CCN(Cc3cc4ccccc4o3)CC2)c1)N1CCCC1. The van der Waals surface area contributed by atoms with Gasteiger partial charge in [-0.05, 0) is 56.0 Å². The smallest absolute Gasteiger partial charge is 0.253 e. The number of furan rings is 1. The fourth-order valence-electron chi connectivity index (χ4n) is 4.52. The van der Waals surface area contributed by atoms with Crippen molar-refractivity contribution >= 4 is 16.9 Å². The monoisotopic (exact) mass is 404 g/mol. The molecule has 5 heteroatoms. The Morgan fingerprint density at radius 3 is 2.57 bits per heavy atom. The minimum Gasteiger partial charge on any atom is -0.490 e. The molecule has 0 atom stereocenters. The van der Waals surface area contributed by atoms with Crippen LogP contribution in [0.2, 0.25) is 0 Å². The number of likely N-dealkylation sites (tertiary alicyclic amines) is 2. The van der Waals surface area contributed by atoms with E-state index in [1.807, 2.05) is 47.4 Å². The Morgan fingerprint density at radius 1 is 0.967 bits per heavy atom. The lowest BCUT2D eigenvalue weighted by Gasteiger charge is -2.31. The van der Waals surface area contributed by atoms with Crippen molar-refractivity contribution in [3.05, 3.63) is 65.9 Å². The van der Waals surface area contributed by atoms with Crippen molar-refractivity contribution in [2.24, 2.45) is 0 Å². The van der Waals surface area contributed by atoms with Crippen LogP contribution < -0.4 is 4.74 Å². The fourth-order valence-corrected chi connectivity index (χ4v) is 4.52. The van der Waals surface area contributed by atoms with E-state index in [0.29, 0.717) is 0 Å². The number of carbonyl (C=O) groups excluding carboxylic acids is 1. The van der Waals surface area contributed by atoms with Crippen molar-refractivity contribution in [1.82, 2.24) is 9.80 Å². The van der Waals surface area contributed by atoms with E-state index >= 15 is 0 Å². The molecule has 30 heavy (non-hydrogen) atoms. The number of amides is 1. The van der Waals surface area contributed by atoms with Gasteiger partial charge in [0.05, 0.1) is 6.54 Å². The number of para-hydroxylation sites is 1. The lowest BCUT2D eigenvalue weighted by atomic mass is 10.1. The molecule has 2 aromatic carbocycles. The first kappa shape index (κ1) is 19.2. The predicted octanol–water partition coefficient (Wildman–Crippen LogP) is 4.71. The van der Waals surface area contributed by atoms with Crippen molar-refractivity contribution in [3.8, 4) is 5.75 Å². The highest BCUT2D eigenvalue weighted by Crippen LogP contribution is 2.24. The molecule has 1 amide bonds. The Bertz CT molecular complexity index is 981. The highest BCUT2D eigenvalue weighted by atomic mass is 16.5. The Morgan fingerprint density at radius 2 is 1.77 bits per heavy atom. The zero-order valence-corrected chi connectivity index (χ0v) is 17.3. The van der Waals surface area contributed by atoms with E-state index in [0.717, 1.165) is 86.4 Å². The largest absolute Gasteiger partial charge is 0.490 e. The molecule has 0 saturated carbocycles. The van der Waals surface area contributed by atoms with Crippen LogP contribution in [0.25, 0.3) is 11.0 Å². The van der Waals surface area contributed by atoms with Crippen LogP contribution in [-0.2, 0) is 6.54 Å². The molecule has 3 aromatic rings. The summed E-state index contributed by atoms with van der Waals surface area (Å²) in [5, 5.41) is 1.16. The van der Waals surface area contributed by atoms with Gasteiger partial charge >= 0.3 is 0 Å². The molecule has 0 aliphatic carbocycles. The molecule has 2 aliphatic rings. The number of piperidine rings is 1.